The molecule has 0 aromatic heterocycles. The van der Waals surface area contributed by atoms with E-state index < -0.39 is 0 Å². The Morgan fingerprint density at radius 2 is 1.00 bits per heavy atom. The summed E-state index contributed by atoms with van der Waals surface area (Å²) in [6.45, 7) is 0. The summed E-state index contributed by atoms with van der Waals surface area (Å²) in [5.74, 6) is 0. The molecule has 0 N–H and O–H groups in total. The molecule has 0 spiro atoms. The first-order chi connectivity index (χ1) is 11.9. The predicted octanol–water partition coefficient (Wildman–Crippen LogP) is 6.61. The van der Waals surface area contributed by atoms with Crippen LogP contribution in [0.15, 0.2) is 91.0 Å². The van der Waals surface area contributed by atoms with Crippen molar-refractivity contribution in [2.75, 3.05) is 0 Å². The zero-order valence-electron chi connectivity index (χ0n) is 13.2. The van der Waals surface area contributed by atoms with Crippen LogP contribution in [0.4, 0.5) is 0 Å². The van der Waals surface area contributed by atoms with Crippen molar-refractivity contribution in [2.24, 2.45) is 0 Å². The van der Waals surface area contributed by atoms with Crippen molar-refractivity contribution in [2.45, 2.75) is 0 Å². The Bertz CT molecular complexity index is 1150. The van der Waals surface area contributed by atoms with E-state index in [1.54, 1.807) is 0 Å². The van der Waals surface area contributed by atoms with E-state index >= 15 is 0 Å². The molecule has 111 valence electrons. The van der Waals surface area contributed by atoms with Crippen LogP contribution in [0.3, 0.4) is 0 Å². The molecule has 0 nitrogen and oxygen atoms in total. The number of rotatable bonds is 1. The van der Waals surface area contributed by atoms with E-state index in [1.807, 2.05) is 12.1 Å². The first kappa shape index (κ1) is 13.3. The van der Waals surface area contributed by atoms with Crippen LogP contribution in [0.2, 0.25) is 0 Å². The fraction of sp³-hybridized carbons (Fsp3) is 0. The van der Waals surface area contributed by atoms with Gasteiger partial charge >= 0.3 is 0 Å². The monoisotopic (exact) mass is 303 g/mol. The summed E-state index contributed by atoms with van der Waals surface area (Å²) < 4.78 is 0. The Morgan fingerprint density at radius 3 is 1.58 bits per heavy atom. The molecule has 0 saturated heterocycles. The van der Waals surface area contributed by atoms with Crippen LogP contribution in [-0.2, 0) is 0 Å². The number of hydrogen-bond donors (Lipinski definition) is 0. The summed E-state index contributed by atoms with van der Waals surface area (Å²) >= 11 is 0. The largest absolute Gasteiger partial charge is 0.0616 e. The molecule has 0 heteroatoms. The third-order valence-electron chi connectivity index (χ3n) is 4.76. The lowest BCUT2D eigenvalue weighted by Crippen LogP contribution is -1.84. The van der Waals surface area contributed by atoms with Gasteiger partial charge in [0.25, 0.3) is 0 Å². The van der Waals surface area contributed by atoms with E-state index in [4.69, 9.17) is 0 Å². The number of hydrogen-bond acceptors (Lipinski definition) is 0. The molecule has 0 aliphatic carbocycles. The van der Waals surface area contributed by atoms with Gasteiger partial charge in [0.05, 0.1) is 0 Å². The van der Waals surface area contributed by atoms with Crippen molar-refractivity contribution in [3.05, 3.63) is 97.1 Å². The molecular formula is C24H15. The normalized spacial score (nSPS) is 11.3. The third kappa shape index (κ3) is 1.93. The second-order valence-corrected chi connectivity index (χ2v) is 6.13. The standard InChI is InChI=1S/C24H15/c1-2-8-17(9-3-1)18-14-15-23-21-12-5-4-10-19(21)20-11-6-7-13-22(20)24(23)16-18/h1-8,10-16H. The van der Waals surface area contributed by atoms with Crippen LogP contribution in [0.1, 0.15) is 0 Å². The van der Waals surface area contributed by atoms with Gasteiger partial charge in [-0.15, -0.1) is 0 Å². The lowest BCUT2D eigenvalue weighted by molar-refractivity contribution is 1.64. The van der Waals surface area contributed by atoms with Gasteiger partial charge in [0, 0.05) is 0 Å². The molecule has 0 atom stereocenters. The highest BCUT2D eigenvalue weighted by atomic mass is 14.1. The van der Waals surface area contributed by atoms with Gasteiger partial charge in [-0.3, -0.25) is 0 Å². The molecule has 0 aliphatic heterocycles. The maximum Gasteiger partial charge on any atom is -0.00928 e. The van der Waals surface area contributed by atoms with E-state index in [9.17, 15) is 0 Å². The second-order valence-electron chi connectivity index (χ2n) is 6.13. The second kappa shape index (κ2) is 5.21. The van der Waals surface area contributed by atoms with Crippen molar-refractivity contribution in [1.82, 2.24) is 0 Å². The molecule has 24 heavy (non-hydrogen) atoms. The maximum atomic E-state index is 3.33. The van der Waals surface area contributed by atoms with Crippen molar-refractivity contribution in [1.29, 1.82) is 0 Å². The smallest absolute Gasteiger partial charge is 0.00928 e. The third-order valence-corrected chi connectivity index (χ3v) is 4.76. The van der Waals surface area contributed by atoms with Gasteiger partial charge < -0.3 is 0 Å². The molecule has 0 saturated carbocycles. The average Bonchev–Trinajstić information content (AvgIpc) is 2.68. The van der Waals surface area contributed by atoms with Crippen LogP contribution in [-0.4, -0.2) is 0 Å². The first-order valence-corrected chi connectivity index (χ1v) is 8.22. The molecule has 5 aromatic carbocycles. The highest BCUT2D eigenvalue weighted by Gasteiger charge is 2.09. The van der Waals surface area contributed by atoms with Gasteiger partial charge in [0.1, 0.15) is 0 Å². The average molecular weight is 303 g/mol. The maximum absolute atomic E-state index is 3.33. The van der Waals surface area contributed by atoms with Gasteiger partial charge in [-0.2, -0.15) is 0 Å². The summed E-state index contributed by atoms with van der Waals surface area (Å²) in [7, 11) is 0. The van der Waals surface area contributed by atoms with E-state index in [-0.39, 0.29) is 0 Å². The SMILES string of the molecule is [c]1ccccc1-c1ccc2c3ccccc3c3ccccc3c2c1. The van der Waals surface area contributed by atoms with Crippen LogP contribution in [0.25, 0.3) is 43.4 Å². The highest BCUT2D eigenvalue weighted by molar-refractivity contribution is 6.25. The van der Waals surface area contributed by atoms with Crippen LogP contribution >= 0.6 is 0 Å². The summed E-state index contributed by atoms with van der Waals surface area (Å²) in [4.78, 5) is 0. The van der Waals surface area contributed by atoms with Gasteiger partial charge in [0.2, 0.25) is 0 Å². The fourth-order valence-electron chi connectivity index (χ4n) is 3.65. The molecule has 0 bridgehead atoms. The van der Waals surface area contributed by atoms with Crippen molar-refractivity contribution in [3.63, 3.8) is 0 Å². The summed E-state index contributed by atoms with van der Waals surface area (Å²) in [6.07, 6.45) is 0. The van der Waals surface area contributed by atoms with E-state index in [2.05, 4.69) is 84.9 Å². The lowest BCUT2D eigenvalue weighted by Gasteiger charge is -2.11. The Morgan fingerprint density at radius 1 is 0.458 bits per heavy atom. The molecule has 5 rings (SSSR count). The zero-order chi connectivity index (χ0) is 15.9. The Kier molecular flexibility index (Phi) is 2.89. The minimum Gasteiger partial charge on any atom is -0.0616 e. The van der Waals surface area contributed by atoms with Gasteiger partial charge in [-0.1, -0.05) is 84.9 Å². The quantitative estimate of drug-likeness (QED) is 0.305. The number of benzene rings is 5. The van der Waals surface area contributed by atoms with Crippen LogP contribution < -0.4 is 0 Å². The van der Waals surface area contributed by atoms with Crippen LogP contribution in [0.5, 0.6) is 0 Å². The predicted molar refractivity (Wildman–Crippen MR) is 103 cm³/mol. The summed E-state index contributed by atoms with van der Waals surface area (Å²) in [5, 5.41) is 7.87. The Balaban J connectivity index is 1.96. The molecule has 0 unspecified atom stereocenters. The molecule has 0 aliphatic rings. The Hall–Kier alpha value is -3.12. The fourth-order valence-corrected chi connectivity index (χ4v) is 3.65. The minimum atomic E-state index is 1.14. The van der Waals surface area contributed by atoms with E-state index in [0.29, 0.717) is 0 Å². The molecular weight excluding hydrogens is 288 g/mol. The Labute approximate surface area is 141 Å². The first-order valence-electron chi connectivity index (χ1n) is 8.22. The summed E-state index contributed by atoms with van der Waals surface area (Å²) in [5.41, 5.74) is 2.35. The summed E-state index contributed by atoms with van der Waals surface area (Å²) in [6, 6.07) is 35.6. The van der Waals surface area contributed by atoms with Crippen molar-refractivity contribution >= 4 is 32.3 Å². The topological polar surface area (TPSA) is 0 Å². The molecule has 5 aromatic rings. The van der Waals surface area contributed by atoms with E-state index in [1.165, 1.54) is 37.9 Å². The minimum absolute atomic E-state index is 1.14. The van der Waals surface area contributed by atoms with Crippen molar-refractivity contribution in [3.8, 4) is 11.1 Å². The number of fused-ring (bicyclic) bond motifs is 6. The van der Waals surface area contributed by atoms with E-state index in [0.717, 1.165) is 5.56 Å². The van der Waals surface area contributed by atoms with Gasteiger partial charge in [-0.25, -0.2) is 0 Å². The van der Waals surface area contributed by atoms with Gasteiger partial charge in [-0.05, 0) is 55.6 Å². The highest BCUT2D eigenvalue weighted by Crippen LogP contribution is 2.36. The zero-order valence-corrected chi connectivity index (χ0v) is 13.2. The van der Waals surface area contributed by atoms with Crippen LogP contribution in [0, 0.1) is 6.07 Å². The lowest BCUT2D eigenvalue weighted by atomic mass is 9.92. The van der Waals surface area contributed by atoms with Gasteiger partial charge in [0.15, 0.2) is 0 Å². The molecule has 0 amide bonds. The van der Waals surface area contributed by atoms with Crippen molar-refractivity contribution < 1.29 is 0 Å². The molecule has 0 heterocycles. The molecule has 0 fully saturated rings. The molecule has 1 radical (unpaired) electrons.